The molecule has 4 heterocycles. The Morgan fingerprint density at radius 1 is 0.584 bits per heavy atom. The van der Waals surface area contributed by atoms with Crippen LogP contribution in [-0.4, -0.2) is 340 Å². The maximum atomic E-state index is 15.7. The third-order valence-corrected chi connectivity index (χ3v) is 24.5. The van der Waals surface area contributed by atoms with Gasteiger partial charge in [-0.25, -0.2) is 0 Å². The highest BCUT2D eigenvalue weighted by Crippen LogP contribution is 2.30. The number of aliphatic hydroxyl groups is 3. The number of hydrogen-bond donors (Lipinski definition) is 17. The number of phenols is 1. The van der Waals surface area contributed by atoms with E-state index in [1.807, 2.05) is 0 Å². The van der Waals surface area contributed by atoms with Gasteiger partial charge in [-0.15, -0.1) is 0 Å². The number of aromatic nitrogens is 1. The molecule has 17 N–H and O–H groups in total. The molecule has 0 bridgehead atoms. The van der Waals surface area contributed by atoms with Gasteiger partial charge in [-0.2, -0.15) is 0 Å². The standard InChI is InChI=1S/C84H115N13O26S2/c1-49(87-78(116)56(46-98)37-59(102)22-23-72(107)108)83(121)97-25-11-17-67(97)81(119)85-24-10-9-16-63-80(118)92-76(51(3)100)82(120)91-66(70(105)40-61(50(2)99)84(122)123)48-125-124-47-57(79(117)90-65(35-53-18-20-58(101)21-19-53)68(103)38-54(77(115)89-63)36-55-41-86-62-15-8-7-14-60(55)62)39-69(104)64(34-52-12-5-4-6-13-52)88-71(106)42-93-26-28-94(43-73(109)110)30-32-96(45-75(113)114)33-31-95(29-27-93)44-74(111)112/h4-8,12-15,18-21,41,49-51,54,56-57,61,63-67,76,86,98-101H,9-11,16-17,22-40,42-48H2,1-3H3,(H,85,119)(H,87,116)(H,88,106)(H,89,115)(H,90,117)(H,91,120)(H,92,118)(H,107,108)(H,109,110)(H,111,112)(H,113,114)(H,122,123)/t49?,50?,51?,54-,56-,57-,61-,63-,64+,65-,66-,67-,76-/m0/s1. The minimum absolute atomic E-state index is 0.00645. The van der Waals surface area contributed by atoms with Crippen molar-refractivity contribution in [3.63, 3.8) is 0 Å². The summed E-state index contributed by atoms with van der Waals surface area (Å²) in [7, 11) is 1.75. The molecule has 3 aromatic carbocycles. The second-order valence-corrected chi connectivity index (χ2v) is 34.4. The van der Waals surface area contributed by atoms with Crippen LogP contribution in [0.1, 0.15) is 108 Å². The number of aliphatic carboxylic acids is 5. The number of aromatic amines is 1. The SMILES string of the molecule is CC(NC(=O)[C@H](CO)CC(=O)CCC(=O)O)C(=O)N1CCC[C@H]1C(=O)NCCCC[C@@H]1NC(=O)[C@@H](Cc2c[nH]c3ccccc23)CC(=O)[C@H](Cc2ccc(O)cc2)NC(=O)[C@@H](CC(=O)[C@@H](Cc2ccccc2)NC(=O)CN2CCN(CC(=O)O)CCN(CC(=O)O)CCN(CC(=O)O)CC2)CSSC[C@@H](C(=O)C[C@H](C(=O)O)C(C)O)NC(=O)[C@H](C(C)O)NC1=O. The van der Waals surface area contributed by atoms with E-state index < -0.39 is 249 Å². The molecule has 125 heavy (non-hydrogen) atoms. The Hall–Kier alpha value is -10.8. The van der Waals surface area contributed by atoms with Crippen LogP contribution >= 0.6 is 21.6 Å². The first kappa shape index (κ1) is 101. The minimum atomic E-state index is -1.94. The first-order chi connectivity index (χ1) is 59.4. The van der Waals surface area contributed by atoms with Crippen LogP contribution in [0.2, 0.25) is 0 Å². The Morgan fingerprint density at radius 2 is 1.17 bits per heavy atom. The summed E-state index contributed by atoms with van der Waals surface area (Å²) in [5, 5.41) is 110. The summed E-state index contributed by atoms with van der Waals surface area (Å²) in [4.78, 5) is 245. The first-order valence-corrected chi connectivity index (χ1v) is 44.0. The summed E-state index contributed by atoms with van der Waals surface area (Å²) >= 11 is 0. The van der Waals surface area contributed by atoms with Gasteiger partial charge in [-0.3, -0.25) is 101 Å². The monoisotopic (exact) mass is 1790 g/mol. The second-order valence-electron chi connectivity index (χ2n) is 31.8. The van der Waals surface area contributed by atoms with Crippen molar-refractivity contribution < 1.29 is 127 Å². The number of hydrogen-bond acceptors (Lipinski definition) is 27. The zero-order valence-electron chi connectivity index (χ0n) is 70.0. The van der Waals surface area contributed by atoms with Crippen molar-refractivity contribution in [3.05, 3.63) is 102 Å². The summed E-state index contributed by atoms with van der Waals surface area (Å²) in [5.74, 6) is -23.1. The molecule has 13 atom stereocenters. The van der Waals surface area contributed by atoms with Gasteiger partial charge in [0.15, 0.2) is 17.3 Å². The molecule has 3 unspecified atom stereocenters. The van der Waals surface area contributed by atoms with Gasteiger partial charge in [-0.05, 0) is 107 Å². The average molecular weight is 1790 g/mol. The van der Waals surface area contributed by atoms with Crippen LogP contribution in [0.3, 0.4) is 0 Å². The molecule has 3 fully saturated rings. The number of aliphatic hydroxyl groups excluding tert-OH is 3. The lowest BCUT2D eigenvalue weighted by Crippen LogP contribution is -2.59. The summed E-state index contributed by atoms with van der Waals surface area (Å²) in [5.41, 5.74) is 2.10. The van der Waals surface area contributed by atoms with Crippen molar-refractivity contribution in [2.24, 2.45) is 23.7 Å². The minimum Gasteiger partial charge on any atom is -0.508 e. The van der Waals surface area contributed by atoms with Crippen molar-refractivity contribution in [3.8, 4) is 5.75 Å². The van der Waals surface area contributed by atoms with Crippen LogP contribution in [0.4, 0.5) is 0 Å². The molecule has 41 heteroatoms. The highest BCUT2D eigenvalue weighted by molar-refractivity contribution is 8.76. The second kappa shape index (κ2) is 51.0. The molecule has 8 amide bonds. The normalized spacial score (nSPS) is 21.6. The van der Waals surface area contributed by atoms with E-state index in [1.165, 1.54) is 36.1 Å². The Balaban J connectivity index is 1.22. The number of nitrogens with one attached hydrogen (secondary N) is 8. The number of fused-ring (bicyclic) bond motifs is 1. The molecule has 7 rings (SSSR count). The van der Waals surface area contributed by atoms with Crippen molar-refractivity contribution in [2.45, 2.75) is 165 Å². The third kappa shape index (κ3) is 33.9. The molecule has 0 spiro atoms. The molecule has 4 aromatic rings. The molecule has 39 nitrogen and oxygen atoms in total. The van der Waals surface area contributed by atoms with Crippen LogP contribution < -0.4 is 37.2 Å². The van der Waals surface area contributed by atoms with Crippen molar-refractivity contribution in [1.29, 1.82) is 0 Å². The lowest BCUT2D eigenvalue weighted by molar-refractivity contribution is -0.148. The number of carboxylic acids is 5. The number of para-hydroxylation sites is 1. The van der Waals surface area contributed by atoms with Crippen molar-refractivity contribution >= 4 is 133 Å². The molecule has 684 valence electrons. The van der Waals surface area contributed by atoms with Gasteiger partial charge in [0.05, 0.1) is 87.3 Å². The Morgan fingerprint density at radius 3 is 1.75 bits per heavy atom. The predicted octanol–water partition coefficient (Wildman–Crippen LogP) is -1.02. The number of benzene rings is 3. The van der Waals surface area contributed by atoms with Gasteiger partial charge in [-0.1, -0.05) is 82.3 Å². The fourth-order valence-corrected chi connectivity index (χ4v) is 17.4. The van der Waals surface area contributed by atoms with Crippen LogP contribution in [0.5, 0.6) is 5.75 Å². The molecule has 1 aromatic heterocycles. The smallest absolute Gasteiger partial charge is 0.317 e. The predicted molar refractivity (Wildman–Crippen MR) is 454 cm³/mol. The molecule has 0 saturated carbocycles. The zero-order chi connectivity index (χ0) is 91.6. The van der Waals surface area contributed by atoms with Gasteiger partial charge in [0.25, 0.3) is 0 Å². The molecule has 0 radical (unpaired) electrons. The van der Waals surface area contributed by atoms with Gasteiger partial charge in [0.1, 0.15) is 35.7 Å². The molecule has 0 aliphatic carbocycles. The fraction of sp³-hybridized carbons (Fsp3) is 0.560. The average Bonchev–Trinajstić information content (AvgIpc) is 1.75. The number of H-pyrrole nitrogens is 1. The quantitative estimate of drug-likeness (QED) is 0.0188. The number of unbranched alkanes of at least 4 members (excludes halogenated alkanes) is 1. The molecule has 3 saturated heterocycles. The van der Waals surface area contributed by atoms with E-state index in [0.717, 1.165) is 35.4 Å². The van der Waals surface area contributed by atoms with Gasteiger partial charge in [0.2, 0.25) is 47.3 Å². The number of carbonyl (C=O) groups excluding carboxylic acids is 12. The van der Waals surface area contributed by atoms with Gasteiger partial charge < -0.3 is 93.1 Å². The first-order valence-electron chi connectivity index (χ1n) is 41.5. The molecular formula is C84H115N13O26S2. The molecular weight excluding hydrogens is 1670 g/mol. The molecule has 3 aliphatic rings. The van der Waals surface area contributed by atoms with E-state index in [2.05, 4.69) is 42.2 Å². The van der Waals surface area contributed by atoms with Crippen LogP contribution in [0.25, 0.3) is 10.9 Å². The van der Waals surface area contributed by atoms with Gasteiger partial charge in [0, 0.05) is 132 Å². The number of amides is 8. The number of carbonyl (C=O) groups is 17. The highest BCUT2D eigenvalue weighted by atomic mass is 33.1. The number of likely N-dealkylation sites (tertiary alicyclic amines) is 1. The Bertz CT molecular complexity index is 4370. The zero-order valence-corrected chi connectivity index (χ0v) is 71.7. The van der Waals surface area contributed by atoms with E-state index in [0.29, 0.717) is 34.0 Å². The highest BCUT2D eigenvalue weighted by Gasteiger charge is 2.41. The summed E-state index contributed by atoms with van der Waals surface area (Å²) < 4.78 is 0. The van der Waals surface area contributed by atoms with E-state index >= 15 is 24.0 Å². The Kier molecular flexibility index (Phi) is 41.3. The number of Topliss-reactive ketones (excluding diaryl/α,β-unsaturated/α-hetero) is 4. The van der Waals surface area contributed by atoms with E-state index in [1.54, 1.807) is 80.4 Å². The van der Waals surface area contributed by atoms with Crippen molar-refractivity contribution in [2.75, 3.05) is 110 Å². The lowest BCUT2D eigenvalue weighted by atomic mass is 9.88. The molecule has 3 aliphatic heterocycles. The van der Waals surface area contributed by atoms with E-state index in [4.69, 9.17) is 5.11 Å². The number of phenolic OH excluding ortho intramolecular Hbond substituents is 1. The number of nitrogens with zero attached hydrogens (tertiary/aromatic N) is 5. The van der Waals surface area contributed by atoms with Crippen LogP contribution in [-0.2, 0) is 101 Å². The van der Waals surface area contributed by atoms with Crippen LogP contribution in [0.15, 0.2) is 85.1 Å². The van der Waals surface area contributed by atoms with Gasteiger partial charge >= 0.3 is 29.8 Å². The summed E-state index contributed by atoms with van der Waals surface area (Å²) in [6.07, 6.45) is -5.60. The van der Waals surface area contributed by atoms with Crippen LogP contribution in [0, 0.1) is 23.7 Å². The van der Waals surface area contributed by atoms with E-state index in [-0.39, 0.29) is 128 Å². The third-order valence-electron chi connectivity index (χ3n) is 22.0. The number of rotatable bonds is 39. The lowest BCUT2D eigenvalue weighted by Gasteiger charge is -2.33. The number of aromatic hydroxyl groups is 1. The van der Waals surface area contributed by atoms with E-state index in [9.17, 15) is 98.4 Å². The number of ketones is 4. The largest absolute Gasteiger partial charge is 0.508 e. The number of carboxylic acid groups (broad SMARTS) is 5. The Labute approximate surface area is 729 Å². The summed E-state index contributed by atoms with van der Waals surface area (Å²) in [6, 6.07) is 10.7. The topological polar surface area (TPSA) is 588 Å². The summed E-state index contributed by atoms with van der Waals surface area (Å²) in [6.45, 7) is 1.62. The fourth-order valence-electron chi connectivity index (χ4n) is 14.9. The maximum absolute atomic E-state index is 15.7. The van der Waals surface area contributed by atoms with Crippen molar-refractivity contribution in [1.82, 2.24) is 66.7 Å². The maximum Gasteiger partial charge on any atom is 0.317 e.